The average Bonchev–Trinajstić information content (AvgIpc) is 2.21. The average molecular weight is 179 g/mol. The van der Waals surface area contributed by atoms with E-state index in [2.05, 4.69) is 11.9 Å². The Morgan fingerprint density at radius 1 is 1.46 bits per heavy atom. The zero-order valence-electron chi connectivity index (χ0n) is 7.98. The van der Waals surface area contributed by atoms with E-state index < -0.39 is 0 Å². The summed E-state index contributed by atoms with van der Waals surface area (Å²) in [6.07, 6.45) is 2.76. The molecule has 0 aromatic carbocycles. The minimum atomic E-state index is -0.0313. The highest BCUT2D eigenvalue weighted by Crippen LogP contribution is 2.18. The van der Waals surface area contributed by atoms with Crippen LogP contribution in [0.25, 0.3) is 0 Å². The van der Waals surface area contributed by atoms with Crippen LogP contribution < -0.4 is 11.5 Å². The Labute approximate surface area is 79.2 Å². The standard InChI is InChI=1S/C10H17N3/c1-2-8(7-11)10(12)9-5-3-4-6-13-9/h3-6,8,10H,2,7,11-12H2,1H3. The summed E-state index contributed by atoms with van der Waals surface area (Å²) in [5.41, 5.74) is 12.6. The van der Waals surface area contributed by atoms with Crippen LogP contribution in [0.5, 0.6) is 0 Å². The molecule has 1 aromatic rings. The Bertz CT molecular complexity index is 231. The normalized spacial score (nSPS) is 15.3. The van der Waals surface area contributed by atoms with Crippen LogP contribution in [0.15, 0.2) is 24.4 Å². The molecule has 0 saturated carbocycles. The van der Waals surface area contributed by atoms with Crippen LogP contribution in [0.4, 0.5) is 0 Å². The predicted octanol–water partition coefficient (Wildman–Crippen LogP) is 1.07. The van der Waals surface area contributed by atoms with Crippen molar-refractivity contribution in [1.82, 2.24) is 4.98 Å². The Hall–Kier alpha value is -0.930. The fourth-order valence-corrected chi connectivity index (χ4v) is 1.38. The van der Waals surface area contributed by atoms with Crippen molar-refractivity contribution in [3.63, 3.8) is 0 Å². The molecule has 0 spiro atoms. The van der Waals surface area contributed by atoms with Gasteiger partial charge in [-0.05, 0) is 24.6 Å². The minimum absolute atomic E-state index is 0.0313. The molecule has 0 fully saturated rings. The van der Waals surface area contributed by atoms with E-state index in [1.165, 1.54) is 0 Å². The molecule has 3 nitrogen and oxygen atoms in total. The third kappa shape index (κ3) is 2.50. The third-order valence-electron chi connectivity index (χ3n) is 2.36. The number of hydrogen-bond donors (Lipinski definition) is 2. The van der Waals surface area contributed by atoms with Gasteiger partial charge in [0.2, 0.25) is 0 Å². The van der Waals surface area contributed by atoms with Gasteiger partial charge in [-0.3, -0.25) is 4.98 Å². The maximum Gasteiger partial charge on any atom is 0.0574 e. The van der Waals surface area contributed by atoms with Crippen LogP contribution in [0, 0.1) is 5.92 Å². The Morgan fingerprint density at radius 3 is 2.69 bits per heavy atom. The summed E-state index contributed by atoms with van der Waals surface area (Å²) in [4.78, 5) is 4.21. The first-order valence-electron chi connectivity index (χ1n) is 4.66. The van der Waals surface area contributed by atoms with Crippen LogP contribution >= 0.6 is 0 Å². The second kappa shape index (κ2) is 4.94. The maximum atomic E-state index is 6.02. The van der Waals surface area contributed by atoms with E-state index in [1.54, 1.807) is 6.20 Å². The molecule has 0 bridgehead atoms. The van der Waals surface area contributed by atoms with Gasteiger partial charge in [-0.1, -0.05) is 19.4 Å². The SMILES string of the molecule is CCC(CN)C(N)c1ccccn1. The highest BCUT2D eigenvalue weighted by molar-refractivity contribution is 5.09. The Balaban J connectivity index is 2.72. The van der Waals surface area contributed by atoms with Gasteiger partial charge in [0.25, 0.3) is 0 Å². The van der Waals surface area contributed by atoms with Crippen molar-refractivity contribution in [3.05, 3.63) is 30.1 Å². The molecule has 0 aliphatic heterocycles. The molecule has 0 aliphatic carbocycles. The van der Waals surface area contributed by atoms with E-state index in [-0.39, 0.29) is 6.04 Å². The molecule has 0 saturated heterocycles. The lowest BCUT2D eigenvalue weighted by molar-refractivity contribution is 0.421. The third-order valence-corrected chi connectivity index (χ3v) is 2.36. The first-order chi connectivity index (χ1) is 6.29. The molecular formula is C10H17N3. The number of aromatic nitrogens is 1. The summed E-state index contributed by atoms with van der Waals surface area (Å²) in [5.74, 6) is 0.329. The van der Waals surface area contributed by atoms with Crippen molar-refractivity contribution >= 4 is 0 Å². The number of nitrogens with zero attached hydrogens (tertiary/aromatic N) is 1. The minimum Gasteiger partial charge on any atom is -0.330 e. The van der Waals surface area contributed by atoms with Gasteiger partial charge in [-0.2, -0.15) is 0 Å². The molecule has 1 aromatic heterocycles. The van der Waals surface area contributed by atoms with Crippen molar-refractivity contribution in [2.45, 2.75) is 19.4 Å². The lowest BCUT2D eigenvalue weighted by Gasteiger charge is -2.19. The van der Waals surface area contributed by atoms with E-state index in [1.807, 2.05) is 18.2 Å². The van der Waals surface area contributed by atoms with E-state index in [4.69, 9.17) is 11.5 Å². The molecule has 0 radical (unpaired) electrons. The Kier molecular flexibility index (Phi) is 3.86. The van der Waals surface area contributed by atoms with Gasteiger partial charge in [-0.15, -0.1) is 0 Å². The predicted molar refractivity (Wildman–Crippen MR) is 54.0 cm³/mol. The van der Waals surface area contributed by atoms with E-state index in [0.29, 0.717) is 12.5 Å². The molecule has 4 N–H and O–H groups in total. The van der Waals surface area contributed by atoms with Crippen molar-refractivity contribution in [2.24, 2.45) is 17.4 Å². The van der Waals surface area contributed by atoms with Gasteiger partial charge in [0, 0.05) is 6.20 Å². The highest BCUT2D eigenvalue weighted by atomic mass is 14.8. The summed E-state index contributed by atoms with van der Waals surface area (Å²) in [6, 6.07) is 5.75. The fourth-order valence-electron chi connectivity index (χ4n) is 1.38. The van der Waals surface area contributed by atoms with Gasteiger partial charge in [-0.25, -0.2) is 0 Å². The smallest absolute Gasteiger partial charge is 0.0574 e. The summed E-state index contributed by atoms with van der Waals surface area (Å²) in [7, 11) is 0. The molecule has 2 unspecified atom stereocenters. The summed E-state index contributed by atoms with van der Waals surface area (Å²) >= 11 is 0. The van der Waals surface area contributed by atoms with Crippen LogP contribution in [0.1, 0.15) is 25.1 Å². The quantitative estimate of drug-likeness (QED) is 0.726. The first kappa shape index (κ1) is 10.2. The highest BCUT2D eigenvalue weighted by Gasteiger charge is 2.16. The van der Waals surface area contributed by atoms with E-state index in [0.717, 1.165) is 12.1 Å². The van der Waals surface area contributed by atoms with Crippen molar-refractivity contribution in [2.75, 3.05) is 6.54 Å². The van der Waals surface area contributed by atoms with Crippen molar-refractivity contribution in [1.29, 1.82) is 0 Å². The largest absolute Gasteiger partial charge is 0.330 e. The van der Waals surface area contributed by atoms with Crippen molar-refractivity contribution < 1.29 is 0 Å². The van der Waals surface area contributed by atoms with Gasteiger partial charge < -0.3 is 11.5 Å². The first-order valence-corrected chi connectivity index (χ1v) is 4.66. The van der Waals surface area contributed by atoms with Gasteiger partial charge in [0.05, 0.1) is 11.7 Å². The van der Waals surface area contributed by atoms with Gasteiger partial charge in [0.15, 0.2) is 0 Å². The molecule has 2 atom stereocenters. The zero-order valence-corrected chi connectivity index (χ0v) is 7.98. The van der Waals surface area contributed by atoms with Crippen LogP contribution in [-0.4, -0.2) is 11.5 Å². The lowest BCUT2D eigenvalue weighted by atomic mass is 9.95. The van der Waals surface area contributed by atoms with E-state index in [9.17, 15) is 0 Å². The molecule has 0 amide bonds. The zero-order chi connectivity index (χ0) is 9.68. The summed E-state index contributed by atoms with van der Waals surface area (Å²) < 4.78 is 0. The van der Waals surface area contributed by atoms with Crippen LogP contribution in [0.2, 0.25) is 0 Å². The summed E-state index contributed by atoms with van der Waals surface area (Å²) in [5, 5.41) is 0. The molecule has 13 heavy (non-hydrogen) atoms. The topological polar surface area (TPSA) is 64.9 Å². The monoisotopic (exact) mass is 179 g/mol. The maximum absolute atomic E-state index is 6.02. The second-order valence-corrected chi connectivity index (χ2v) is 3.18. The Morgan fingerprint density at radius 2 is 2.23 bits per heavy atom. The van der Waals surface area contributed by atoms with Gasteiger partial charge >= 0.3 is 0 Å². The van der Waals surface area contributed by atoms with Gasteiger partial charge in [0.1, 0.15) is 0 Å². The second-order valence-electron chi connectivity index (χ2n) is 3.18. The molecule has 3 heteroatoms. The van der Waals surface area contributed by atoms with Crippen LogP contribution in [0.3, 0.4) is 0 Å². The molecular weight excluding hydrogens is 162 g/mol. The molecule has 1 rings (SSSR count). The number of pyridine rings is 1. The number of rotatable bonds is 4. The number of hydrogen-bond acceptors (Lipinski definition) is 3. The van der Waals surface area contributed by atoms with Crippen molar-refractivity contribution in [3.8, 4) is 0 Å². The summed E-state index contributed by atoms with van der Waals surface area (Å²) in [6.45, 7) is 2.72. The molecule has 0 aliphatic rings. The molecule has 1 heterocycles. The number of nitrogens with two attached hydrogens (primary N) is 2. The van der Waals surface area contributed by atoms with Crippen LogP contribution in [-0.2, 0) is 0 Å². The lowest BCUT2D eigenvalue weighted by Crippen LogP contribution is -2.28. The molecule has 72 valence electrons. The van der Waals surface area contributed by atoms with E-state index >= 15 is 0 Å². The fraction of sp³-hybridized carbons (Fsp3) is 0.500.